The largest absolute Gasteiger partial charge is 0.497 e. The summed E-state index contributed by atoms with van der Waals surface area (Å²) in [5, 5.41) is 7.98. The van der Waals surface area contributed by atoms with Crippen LogP contribution in [0.2, 0.25) is 0 Å². The van der Waals surface area contributed by atoms with Gasteiger partial charge < -0.3 is 15.4 Å². The van der Waals surface area contributed by atoms with Gasteiger partial charge in [0.25, 0.3) is 5.91 Å². The van der Waals surface area contributed by atoms with Crippen molar-refractivity contribution in [1.29, 1.82) is 0 Å². The molecule has 0 aliphatic carbocycles. The van der Waals surface area contributed by atoms with Crippen LogP contribution in [0.5, 0.6) is 5.75 Å². The molecular weight excluding hydrogens is 420 g/mol. The summed E-state index contributed by atoms with van der Waals surface area (Å²) in [5.41, 5.74) is 2.01. The van der Waals surface area contributed by atoms with Crippen molar-refractivity contribution in [3.8, 4) is 5.75 Å². The SMILES string of the molecule is COc1ccc(C(=O)Nc2cccc(SCC(=O)Nc3cccc4ccccc34)c2)cc1. The highest BCUT2D eigenvalue weighted by atomic mass is 32.2. The molecule has 0 aliphatic rings. The summed E-state index contributed by atoms with van der Waals surface area (Å²) >= 11 is 1.42. The number of amides is 2. The maximum Gasteiger partial charge on any atom is 0.255 e. The molecule has 4 aromatic carbocycles. The molecule has 0 spiro atoms. The van der Waals surface area contributed by atoms with Crippen molar-refractivity contribution >= 4 is 45.7 Å². The van der Waals surface area contributed by atoms with E-state index in [0.29, 0.717) is 17.0 Å². The molecule has 0 aromatic heterocycles. The Hall–Kier alpha value is -3.77. The lowest BCUT2D eigenvalue weighted by atomic mass is 10.1. The van der Waals surface area contributed by atoms with Gasteiger partial charge in [0, 0.05) is 27.2 Å². The number of hydrogen-bond donors (Lipinski definition) is 2. The monoisotopic (exact) mass is 442 g/mol. The van der Waals surface area contributed by atoms with Gasteiger partial charge in [-0.25, -0.2) is 0 Å². The molecule has 0 radical (unpaired) electrons. The maximum absolute atomic E-state index is 12.5. The molecule has 5 nitrogen and oxygen atoms in total. The lowest BCUT2D eigenvalue weighted by Crippen LogP contribution is -2.14. The number of thioether (sulfide) groups is 1. The highest BCUT2D eigenvalue weighted by Gasteiger charge is 2.09. The van der Waals surface area contributed by atoms with Gasteiger partial charge in [-0.2, -0.15) is 0 Å². The van der Waals surface area contributed by atoms with Crippen molar-refractivity contribution in [1.82, 2.24) is 0 Å². The normalized spacial score (nSPS) is 10.5. The molecule has 0 atom stereocenters. The topological polar surface area (TPSA) is 67.4 Å². The Morgan fingerprint density at radius 2 is 1.59 bits per heavy atom. The van der Waals surface area contributed by atoms with E-state index in [2.05, 4.69) is 10.6 Å². The highest BCUT2D eigenvalue weighted by molar-refractivity contribution is 8.00. The number of rotatable bonds is 7. The molecule has 4 rings (SSSR count). The number of nitrogens with one attached hydrogen (secondary N) is 2. The molecule has 0 bridgehead atoms. The van der Waals surface area contributed by atoms with Crippen molar-refractivity contribution in [2.75, 3.05) is 23.5 Å². The second kappa shape index (κ2) is 10.0. The summed E-state index contributed by atoms with van der Waals surface area (Å²) in [7, 11) is 1.58. The molecule has 160 valence electrons. The van der Waals surface area contributed by atoms with Gasteiger partial charge in [-0.05, 0) is 53.9 Å². The van der Waals surface area contributed by atoms with Gasteiger partial charge in [-0.1, -0.05) is 42.5 Å². The molecule has 32 heavy (non-hydrogen) atoms. The number of fused-ring (bicyclic) bond motifs is 1. The number of carbonyl (C=O) groups is 2. The average molecular weight is 443 g/mol. The Morgan fingerprint density at radius 3 is 2.41 bits per heavy atom. The van der Waals surface area contributed by atoms with Crippen molar-refractivity contribution < 1.29 is 14.3 Å². The molecule has 6 heteroatoms. The highest BCUT2D eigenvalue weighted by Crippen LogP contribution is 2.25. The molecular formula is C26H22N2O3S. The molecule has 0 heterocycles. The predicted molar refractivity (Wildman–Crippen MR) is 131 cm³/mol. The Bertz CT molecular complexity index is 1250. The zero-order valence-corrected chi connectivity index (χ0v) is 18.3. The van der Waals surface area contributed by atoms with Crippen LogP contribution in [0.3, 0.4) is 0 Å². The fourth-order valence-electron chi connectivity index (χ4n) is 3.28. The molecule has 2 N–H and O–H groups in total. The average Bonchev–Trinajstić information content (AvgIpc) is 2.83. The van der Waals surface area contributed by atoms with Crippen molar-refractivity contribution in [2.24, 2.45) is 0 Å². The van der Waals surface area contributed by atoms with Gasteiger partial charge in [-0.3, -0.25) is 9.59 Å². The summed E-state index contributed by atoms with van der Waals surface area (Å²) in [6.45, 7) is 0. The number of benzene rings is 4. The Balaban J connectivity index is 1.36. The van der Waals surface area contributed by atoms with Crippen LogP contribution in [0.25, 0.3) is 10.8 Å². The van der Waals surface area contributed by atoms with E-state index in [9.17, 15) is 9.59 Å². The van der Waals surface area contributed by atoms with Crippen LogP contribution in [0.15, 0.2) is 95.9 Å². The van der Waals surface area contributed by atoms with E-state index in [4.69, 9.17) is 4.74 Å². The first kappa shape index (κ1) is 21.5. The molecule has 0 saturated carbocycles. The van der Waals surface area contributed by atoms with Gasteiger partial charge in [0.05, 0.1) is 12.9 Å². The second-order valence-corrected chi connectivity index (χ2v) is 8.12. The third-order valence-electron chi connectivity index (χ3n) is 4.88. The minimum atomic E-state index is -0.205. The standard InChI is InChI=1S/C26H22N2O3S/c1-31-21-14-12-19(13-15-21)26(30)27-20-8-5-9-22(16-20)32-17-25(29)28-24-11-4-7-18-6-2-3-10-23(18)24/h2-16H,17H2,1H3,(H,27,30)(H,28,29). The molecule has 0 saturated heterocycles. The van der Waals surface area contributed by atoms with Crippen LogP contribution in [-0.4, -0.2) is 24.7 Å². The minimum Gasteiger partial charge on any atom is -0.497 e. The second-order valence-electron chi connectivity index (χ2n) is 7.07. The number of methoxy groups -OCH3 is 1. The third-order valence-corrected chi connectivity index (χ3v) is 5.87. The van der Waals surface area contributed by atoms with Gasteiger partial charge in [0.2, 0.25) is 5.91 Å². The minimum absolute atomic E-state index is 0.0842. The molecule has 0 unspecified atom stereocenters. The van der Waals surface area contributed by atoms with Crippen LogP contribution < -0.4 is 15.4 Å². The maximum atomic E-state index is 12.5. The summed E-state index contributed by atoms with van der Waals surface area (Å²) in [4.78, 5) is 25.9. The Kier molecular flexibility index (Phi) is 6.72. The summed E-state index contributed by atoms with van der Waals surface area (Å²) in [6, 6.07) is 28.2. The fraction of sp³-hybridized carbons (Fsp3) is 0.0769. The molecule has 0 fully saturated rings. The number of ether oxygens (including phenoxy) is 1. The summed E-state index contributed by atoms with van der Waals surface area (Å²) in [5.74, 6) is 0.670. The van der Waals surface area contributed by atoms with Crippen LogP contribution in [0.4, 0.5) is 11.4 Å². The van der Waals surface area contributed by atoms with E-state index in [1.807, 2.05) is 66.7 Å². The molecule has 0 aliphatic heterocycles. The number of hydrogen-bond acceptors (Lipinski definition) is 4. The van der Waals surface area contributed by atoms with Crippen molar-refractivity contribution in [3.05, 3.63) is 96.6 Å². The van der Waals surface area contributed by atoms with Crippen molar-refractivity contribution in [3.63, 3.8) is 0 Å². The van der Waals surface area contributed by atoms with E-state index in [-0.39, 0.29) is 17.6 Å². The van der Waals surface area contributed by atoms with E-state index >= 15 is 0 Å². The molecule has 4 aromatic rings. The zero-order valence-electron chi connectivity index (χ0n) is 17.5. The lowest BCUT2D eigenvalue weighted by molar-refractivity contribution is -0.113. The number of carbonyl (C=O) groups excluding carboxylic acids is 2. The third kappa shape index (κ3) is 5.28. The van der Waals surface area contributed by atoms with E-state index in [1.54, 1.807) is 31.4 Å². The van der Waals surface area contributed by atoms with Crippen LogP contribution in [0.1, 0.15) is 10.4 Å². The predicted octanol–water partition coefficient (Wildman–Crippen LogP) is 5.83. The Morgan fingerprint density at radius 1 is 0.844 bits per heavy atom. The van der Waals surface area contributed by atoms with Crippen LogP contribution >= 0.6 is 11.8 Å². The lowest BCUT2D eigenvalue weighted by Gasteiger charge is -2.10. The van der Waals surface area contributed by atoms with E-state index in [1.165, 1.54) is 11.8 Å². The first-order valence-corrected chi connectivity index (χ1v) is 11.1. The van der Waals surface area contributed by atoms with Gasteiger partial charge in [0.1, 0.15) is 5.75 Å². The molecule has 2 amide bonds. The van der Waals surface area contributed by atoms with Crippen molar-refractivity contribution in [2.45, 2.75) is 4.90 Å². The van der Waals surface area contributed by atoms with Crippen LogP contribution in [0, 0.1) is 0 Å². The van der Waals surface area contributed by atoms with Gasteiger partial charge in [0.15, 0.2) is 0 Å². The quantitative estimate of drug-likeness (QED) is 0.353. The van der Waals surface area contributed by atoms with Crippen LogP contribution in [-0.2, 0) is 4.79 Å². The van der Waals surface area contributed by atoms with E-state index < -0.39 is 0 Å². The smallest absolute Gasteiger partial charge is 0.255 e. The summed E-state index contributed by atoms with van der Waals surface area (Å²) in [6.07, 6.45) is 0. The zero-order chi connectivity index (χ0) is 22.3. The summed E-state index contributed by atoms with van der Waals surface area (Å²) < 4.78 is 5.12. The fourth-order valence-corrected chi connectivity index (χ4v) is 4.03. The Labute approximate surface area is 190 Å². The number of anilines is 2. The van der Waals surface area contributed by atoms with Gasteiger partial charge >= 0.3 is 0 Å². The van der Waals surface area contributed by atoms with E-state index in [0.717, 1.165) is 21.4 Å². The van der Waals surface area contributed by atoms with Gasteiger partial charge in [-0.15, -0.1) is 11.8 Å². The first-order chi connectivity index (χ1) is 15.6. The first-order valence-electron chi connectivity index (χ1n) is 10.1.